The Kier molecular flexibility index (Phi) is 4.25. The van der Waals surface area contributed by atoms with E-state index in [2.05, 4.69) is 0 Å². The third-order valence-corrected chi connectivity index (χ3v) is 3.45. The molecule has 20 heavy (non-hydrogen) atoms. The van der Waals surface area contributed by atoms with Crippen molar-refractivity contribution in [3.05, 3.63) is 33.4 Å². The Balaban J connectivity index is 3.88. The van der Waals surface area contributed by atoms with Gasteiger partial charge in [0.1, 0.15) is 5.56 Å². The predicted octanol–water partition coefficient (Wildman–Crippen LogP) is 3.48. The summed E-state index contributed by atoms with van der Waals surface area (Å²) in [6, 6.07) is -0.0557. The van der Waals surface area contributed by atoms with Crippen LogP contribution in [0.1, 0.15) is 17.6 Å². The van der Waals surface area contributed by atoms with Crippen molar-refractivity contribution >= 4 is 25.4 Å². The van der Waals surface area contributed by atoms with Crippen molar-refractivity contribution in [1.29, 1.82) is 0 Å². The van der Waals surface area contributed by atoms with Gasteiger partial charge in [-0.2, -0.15) is 13.2 Å². The Hall–Kier alpha value is -1.49. The highest BCUT2D eigenvalue weighted by molar-refractivity contribution is 8.13. The number of nitro benzene ring substituents is 1. The molecule has 0 aromatic heterocycles. The van der Waals surface area contributed by atoms with Gasteiger partial charge in [-0.3, -0.25) is 10.1 Å². The number of rotatable bonds is 3. The van der Waals surface area contributed by atoms with Gasteiger partial charge < -0.3 is 0 Å². The lowest BCUT2D eigenvalue weighted by atomic mass is 10.1. The molecule has 112 valence electrons. The molecule has 0 heterocycles. The average Bonchev–Trinajstić information content (AvgIpc) is 2.24. The third kappa shape index (κ3) is 3.33. The largest absolute Gasteiger partial charge is 0.423 e. The summed E-state index contributed by atoms with van der Waals surface area (Å²) in [5.41, 5.74) is -5.85. The van der Waals surface area contributed by atoms with Crippen LogP contribution in [0.4, 0.5) is 27.6 Å². The van der Waals surface area contributed by atoms with Crippen LogP contribution >= 0.6 is 10.7 Å². The lowest BCUT2D eigenvalue weighted by Crippen LogP contribution is -2.14. The summed E-state index contributed by atoms with van der Waals surface area (Å²) in [6.07, 6.45) is -9.23. The van der Waals surface area contributed by atoms with Crippen LogP contribution in [0.3, 0.4) is 0 Å². The summed E-state index contributed by atoms with van der Waals surface area (Å²) in [4.78, 5) is 7.72. The molecule has 1 aromatic carbocycles. The molecule has 12 heteroatoms. The highest BCUT2D eigenvalue weighted by atomic mass is 35.7. The molecule has 0 aliphatic heterocycles. The first-order chi connectivity index (χ1) is 8.85. The first kappa shape index (κ1) is 16.6. The Morgan fingerprint density at radius 3 is 2.05 bits per heavy atom. The molecular formula is C8H3ClF5NO4S. The zero-order valence-corrected chi connectivity index (χ0v) is 10.6. The van der Waals surface area contributed by atoms with Gasteiger partial charge in [0.05, 0.1) is 9.82 Å². The van der Waals surface area contributed by atoms with Gasteiger partial charge >= 0.3 is 6.18 Å². The Labute approximate surface area is 112 Å². The smallest absolute Gasteiger partial charge is 0.258 e. The van der Waals surface area contributed by atoms with Gasteiger partial charge in [0, 0.05) is 22.3 Å². The highest BCUT2D eigenvalue weighted by Crippen LogP contribution is 2.43. The molecule has 0 spiro atoms. The summed E-state index contributed by atoms with van der Waals surface area (Å²) in [5.74, 6) is 0. The van der Waals surface area contributed by atoms with Gasteiger partial charge in [0.2, 0.25) is 0 Å². The number of nitrogens with zero attached hydrogens (tertiary/aromatic N) is 1. The van der Waals surface area contributed by atoms with Crippen molar-refractivity contribution in [2.45, 2.75) is 17.5 Å². The SMILES string of the molecule is O=[N+]([O-])c1cc(S(=O)(=O)Cl)cc(C(F)F)c1C(F)(F)F. The van der Waals surface area contributed by atoms with Crippen LogP contribution in [-0.2, 0) is 15.2 Å². The summed E-state index contributed by atoms with van der Waals surface area (Å²) in [5, 5.41) is 10.5. The number of hydrogen-bond donors (Lipinski definition) is 0. The van der Waals surface area contributed by atoms with Crippen molar-refractivity contribution in [2.75, 3.05) is 0 Å². The maximum atomic E-state index is 12.6. The maximum absolute atomic E-state index is 12.6. The summed E-state index contributed by atoms with van der Waals surface area (Å²) in [6.45, 7) is 0. The molecule has 0 unspecified atom stereocenters. The lowest BCUT2D eigenvalue weighted by molar-refractivity contribution is -0.388. The van der Waals surface area contributed by atoms with Crippen LogP contribution in [0.2, 0.25) is 0 Å². The zero-order valence-electron chi connectivity index (χ0n) is 8.99. The van der Waals surface area contributed by atoms with Crippen LogP contribution in [0.15, 0.2) is 17.0 Å². The monoisotopic (exact) mass is 339 g/mol. The van der Waals surface area contributed by atoms with E-state index in [9.17, 15) is 40.5 Å². The van der Waals surface area contributed by atoms with Crippen molar-refractivity contribution < 1.29 is 35.3 Å². The molecule has 0 N–H and O–H groups in total. The number of alkyl halides is 5. The predicted molar refractivity (Wildman–Crippen MR) is 56.1 cm³/mol. The minimum Gasteiger partial charge on any atom is -0.258 e. The number of halogens is 6. The standard InChI is InChI=1S/C8H3ClF5NO4S/c9-20(18,19)3-1-4(7(10)11)6(8(12,13)14)5(2-3)15(16)17/h1-2,7H. The number of nitro groups is 1. The second-order valence-corrected chi connectivity index (χ2v) is 5.97. The molecule has 0 radical (unpaired) electrons. The highest BCUT2D eigenvalue weighted by Gasteiger charge is 2.44. The zero-order chi connectivity index (χ0) is 15.9. The average molecular weight is 340 g/mol. The number of benzene rings is 1. The van der Waals surface area contributed by atoms with E-state index in [1.165, 1.54) is 0 Å². The lowest BCUT2D eigenvalue weighted by Gasteiger charge is -2.13. The minimum absolute atomic E-state index is 0.0168. The Bertz CT molecular complexity index is 658. The van der Waals surface area contributed by atoms with E-state index in [0.717, 1.165) is 0 Å². The summed E-state index contributed by atoms with van der Waals surface area (Å²) >= 11 is 0. The summed E-state index contributed by atoms with van der Waals surface area (Å²) in [7, 11) is 0.0919. The van der Waals surface area contributed by atoms with E-state index in [-0.39, 0.29) is 12.1 Å². The first-order valence-corrected chi connectivity index (χ1v) is 6.79. The van der Waals surface area contributed by atoms with Gasteiger partial charge in [-0.1, -0.05) is 0 Å². The molecule has 0 amide bonds. The van der Waals surface area contributed by atoms with Crippen molar-refractivity contribution in [2.24, 2.45) is 0 Å². The van der Waals surface area contributed by atoms with Crippen LogP contribution < -0.4 is 0 Å². The van der Waals surface area contributed by atoms with Crippen molar-refractivity contribution in [3.8, 4) is 0 Å². The van der Waals surface area contributed by atoms with E-state index in [0.29, 0.717) is 0 Å². The van der Waals surface area contributed by atoms with E-state index in [1.807, 2.05) is 0 Å². The van der Waals surface area contributed by atoms with Gasteiger partial charge in [0.25, 0.3) is 21.2 Å². The molecule has 0 bridgehead atoms. The van der Waals surface area contributed by atoms with E-state index in [1.54, 1.807) is 0 Å². The van der Waals surface area contributed by atoms with E-state index >= 15 is 0 Å². The van der Waals surface area contributed by atoms with Crippen molar-refractivity contribution in [3.63, 3.8) is 0 Å². The van der Waals surface area contributed by atoms with E-state index in [4.69, 9.17) is 10.7 Å². The Morgan fingerprint density at radius 2 is 1.75 bits per heavy atom. The fourth-order valence-corrected chi connectivity index (χ4v) is 2.18. The van der Waals surface area contributed by atoms with Crippen LogP contribution in [0.25, 0.3) is 0 Å². The third-order valence-electron chi connectivity index (χ3n) is 2.12. The van der Waals surface area contributed by atoms with Crippen LogP contribution in [0, 0.1) is 10.1 Å². The van der Waals surface area contributed by atoms with Gasteiger partial charge in [-0.15, -0.1) is 0 Å². The molecule has 0 saturated carbocycles. The summed E-state index contributed by atoms with van der Waals surface area (Å²) < 4.78 is 85.1. The molecular weight excluding hydrogens is 337 g/mol. The topological polar surface area (TPSA) is 77.3 Å². The van der Waals surface area contributed by atoms with Gasteiger partial charge in [0.15, 0.2) is 0 Å². The van der Waals surface area contributed by atoms with Crippen LogP contribution in [0.5, 0.6) is 0 Å². The fraction of sp³-hybridized carbons (Fsp3) is 0.250. The normalized spacial score (nSPS) is 12.8. The molecule has 1 aromatic rings. The quantitative estimate of drug-likeness (QED) is 0.365. The molecule has 0 fully saturated rings. The molecule has 1 rings (SSSR count). The molecule has 0 aliphatic carbocycles. The molecule has 0 atom stereocenters. The first-order valence-electron chi connectivity index (χ1n) is 4.48. The van der Waals surface area contributed by atoms with Crippen molar-refractivity contribution in [1.82, 2.24) is 0 Å². The van der Waals surface area contributed by atoms with Gasteiger partial charge in [-0.05, 0) is 6.07 Å². The van der Waals surface area contributed by atoms with Gasteiger partial charge in [-0.25, -0.2) is 17.2 Å². The minimum atomic E-state index is -5.46. The maximum Gasteiger partial charge on any atom is 0.423 e. The Morgan fingerprint density at radius 1 is 1.25 bits per heavy atom. The number of hydrogen-bond acceptors (Lipinski definition) is 4. The van der Waals surface area contributed by atoms with E-state index < -0.39 is 48.3 Å². The van der Waals surface area contributed by atoms with Crippen LogP contribution in [-0.4, -0.2) is 13.3 Å². The molecule has 0 saturated heterocycles. The fourth-order valence-electron chi connectivity index (χ4n) is 1.39. The molecule has 5 nitrogen and oxygen atoms in total. The molecule has 0 aliphatic rings. The second kappa shape index (κ2) is 5.13. The second-order valence-electron chi connectivity index (χ2n) is 3.40.